The summed E-state index contributed by atoms with van der Waals surface area (Å²) in [5.41, 5.74) is 6.99. The van der Waals surface area contributed by atoms with Gasteiger partial charge in [0.2, 0.25) is 0 Å². The Morgan fingerprint density at radius 3 is 2.65 bits per heavy atom. The summed E-state index contributed by atoms with van der Waals surface area (Å²) in [7, 11) is -2.08. The number of hydrogen-bond acceptors (Lipinski definition) is 6. The molecule has 0 radical (unpaired) electrons. The molecule has 0 atom stereocenters. The maximum atomic E-state index is 8.95. The number of rotatable bonds is 5. The normalized spacial score (nSPS) is 13.1. The summed E-state index contributed by atoms with van der Waals surface area (Å²) in [6.45, 7) is 10.9. The quantitative estimate of drug-likeness (QED) is 0.813. The van der Waals surface area contributed by atoms with E-state index in [0.717, 1.165) is 0 Å². The Hall–Kier alpha value is -1.93. The predicted octanol–water partition coefficient (Wildman–Crippen LogP) is 2.24. The lowest BCUT2D eigenvalue weighted by Crippen LogP contribution is -2.48. The molecule has 7 nitrogen and oxygen atoms in total. The van der Waals surface area contributed by atoms with E-state index in [1.807, 2.05) is 12.2 Å². The summed E-state index contributed by atoms with van der Waals surface area (Å²) in [5.74, 6) is 0.926. The fourth-order valence-electron chi connectivity index (χ4n) is 1.73. The van der Waals surface area contributed by atoms with Gasteiger partial charge in [0.15, 0.2) is 22.8 Å². The number of imidazole rings is 1. The molecule has 0 aromatic carbocycles. The van der Waals surface area contributed by atoms with Crippen molar-refractivity contribution in [2.24, 2.45) is 0 Å². The molecule has 3 N–H and O–H groups in total. The van der Waals surface area contributed by atoms with E-state index in [9.17, 15) is 0 Å². The van der Waals surface area contributed by atoms with Crippen molar-refractivity contribution >= 4 is 31.4 Å². The summed E-state index contributed by atoms with van der Waals surface area (Å²) in [6.07, 6.45) is 5.61. The van der Waals surface area contributed by atoms with Crippen LogP contribution in [0.4, 0.5) is 5.82 Å². The Bertz CT molecular complexity index is 718. The van der Waals surface area contributed by atoms with Crippen LogP contribution >= 0.6 is 0 Å². The van der Waals surface area contributed by atoms with E-state index < -0.39 is 8.32 Å². The first-order valence-electron chi connectivity index (χ1n) is 7.63. The van der Waals surface area contributed by atoms with Crippen LogP contribution in [0.3, 0.4) is 0 Å². The molecule has 0 aliphatic rings. The molecule has 0 spiro atoms. The van der Waals surface area contributed by atoms with Crippen LogP contribution in [0.25, 0.3) is 17.2 Å². The van der Waals surface area contributed by atoms with E-state index in [0.29, 0.717) is 29.2 Å². The van der Waals surface area contributed by atoms with Gasteiger partial charge in [-0.2, -0.15) is 4.73 Å². The van der Waals surface area contributed by atoms with Gasteiger partial charge in [-0.05, 0) is 30.6 Å². The molecule has 0 aliphatic heterocycles. The molecule has 2 rings (SSSR count). The third-order valence-corrected chi connectivity index (χ3v) is 8.40. The van der Waals surface area contributed by atoms with Gasteiger partial charge in [-0.1, -0.05) is 26.8 Å². The first-order valence-corrected chi connectivity index (χ1v) is 10.5. The first-order chi connectivity index (χ1) is 10.7. The third-order valence-electron chi connectivity index (χ3n) is 4.15. The molecule has 0 saturated heterocycles. The van der Waals surface area contributed by atoms with Crippen LogP contribution in [0.2, 0.25) is 18.1 Å². The second-order valence-corrected chi connectivity index (χ2v) is 11.7. The van der Waals surface area contributed by atoms with Crippen LogP contribution in [-0.4, -0.2) is 39.7 Å². The lowest BCUT2D eigenvalue weighted by Gasteiger charge is -2.35. The highest BCUT2D eigenvalue weighted by Crippen LogP contribution is 2.35. The van der Waals surface area contributed by atoms with Crippen LogP contribution in [0.15, 0.2) is 12.4 Å². The number of aromatic nitrogens is 4. The fourth-order valence-corrected chi connectivity index (χ4v) is 2.64. The van der Waals surface area contributed by atoms with Gasteiger partial charge in [0, 0.05) is 6.61 Å². The topological polar surface area (TPSA) is 99.1 Å². The van der Waals surface area contributed by atoms with Crippen LogP contribution in [0.5, 0.6) is 0 Å². The Morgan fingerprint density at radius 2 is 2.04 bits per heavy atom. The van der Waals surface area contributed by atoms with Crippen molar-refractivity contribution in [2.45, 2.75) is 45.3 Å². The van der Waals surface area contributed by atoms with Gasteiger partial charge < -0.3 is 15.4 Å². The molecule has 2 aromatic heterocycles. The van der Waals surface area contributed by atoms with Crippen LogP contribution in [0.1, 0.15) is 33.0 Å². The zero-order valence-electron chi connectivity index (χ0n) is 14.4. The number of nitrogens with two attached hydrogens (primary N) is 1. The molecule has 2 heterocycles. The maximum absolute atomic E-state index is 8.95. The lowest BCUT2D eigenvalue weighted by molar-refractivity contribution is 0.256. The monoisotopic (exact) mass is 335 g/mol. The van der Waals surface area contributed by atoms with E-state index in [4.69, 9.17) is 15.4 Å². The summed E-state index contributed by atoms with van der Waals surface area (Å²) in [5, 5.41) is 8.98. The highest BCUT2D eigenvalue weighted by Gasteiger charge is 2.41. The average molecular weight is 335 g/mol. The van der Waals surface area contributed by atoms with Crippen molar-refractivity contribution in [1.82, 2.24) is 19.7 Å². The molecular weight excluding hydrogens is 310 g/mol. The van der Waals surface area contributed by atoms with Crippen molar-refractivity contribution < 1.29 is 9.63 Å². The molecule has 0 aliphatic carbocycles. The Kier molecular flexibility index (Phi) is 4.76. The van der Waals surface area contributed by atoms with Crippen LogP contribution in [0, 0.1) is 0 Å². The minimum absolute atomic E-state index is 0.0360. The predicted molar refractivity (Wildman–Crippen MR) is 94.2 cm³/mol. The molecule has 0 fully saturated rings. The number of anilines is 1. The highest BCUT2D eigenvalue weighted by molar-refractivity contribution is 6.74. The van der Waals surface area contributed by atoms with Gasteiger partial charge in [0.1, 0.15) is 6.33 Å². The molecule has 0 saturated carbocycles. The standard InChI is InChI=1S/C15H25N5O2Si/c1-15(2,3)23(4,5)22-20-11(8-6-7-9-21)19-12-13(16)17-10-18-14(12)20/h6,8,10,21H,7,9H2,1-5H3,(H2,16,17,18)/b8-6+. The maximum Gasteiger partial charge on any atom is 0.284 e. The van der Waals surface area contributed by atoms with Gasteiger partial charge >= 0.3 is 0 Å². The van der Waals surface area contributed by atoms with E-state index in [1.165, 1.54) is 6.33 Å². The molecule has 8 heteroatoms. The number of nitrogen functional groups attached to an aromatic ring is 1. The number of nitrogens with zero attached hydrogens (tertiary/aromatic N) is 4. The second kappa shape index (κ2) is 6.29. The minimum atomic E-state index is -2.08. The van der Waals surface area contributed by atoms with Crippen molar-refractivity contribution in [3.63, 3.8) is 0 Å². The lowest BCUT2D eigenvalue weighted by atomic mass is 10.2. The number of hydrogen-bond donors (Lipinski definition) is 2. The molecule has 0 bridgehead atoms. The molecule has 2 aromatic rings. The molecular formula is C15H25N5O2Si. The third kappa shape index (κ3) is 3.53. The van der Waals surface area contributed by atoms with Crippen molar-refractivity contribution in [3.05, 3.63) is 18.2 Å². The van der Waals surface area contributed by atoms with Crippen LogP contribution < -0.4 is 10.3 Å². The molecule has 0 amide bonds. The van der Waals surface area contributed by atoms with Crippen molar-refractivity contribution in [1.29, 1.82) is 0 Å². The van der Waals surface area contributed by atoms with Gasteiger partial charge in [-0.15, -0.1) is 0 Å². The molecule has 23 heavy (non-hydrogen) atoms. The smallest absolute Gasteiger partial charge is 0.284 e. The van der Waals surface area contributed by atoms with Crippen molar-refractivity contribution in [2.75, 3.05) is 12.3 Å². The zero-order valence-corrected chi connectivity index (χ0v) is 15.4. The Labute approximate surface area is 137 Å². The first kappa shape index (κ1) is 17.4. The summed E-state index contributed by atoms with van der Waals surface area (Å²) in [4.78, 5) is 12.8. The van der Waals surface area contributed by atoms with Crippen molar-refractivity contribution in [3.8, 4) is 0 Å². The number of fused-ring (bicyclic) bond motifs is 1. The largest absolute Gasteiger partial charge is 0.466 e. The number of aliphatic hydroxyl groups is 1. The zero-order chi connectivity index (χ0) is 17.3. The van der Waals surface area contributed by atoms with Gasteiger partial charge in [-0.25, -0.2) is 15.0 Å². The van der Waals surface area contributed by atoms with Gasteiger partial charge in [0.05, 0.1) is 0 Å². The Balaban J connectivity index is 2.55. The van der Waals surface area contributed by atoms with Crippen LogP contribution in [-0.2, 0) is 0 Å². The van der Waals surface area contributed by atoms with E-state index in [2.05, 4.69) is 48.8 Å². The Morgan fingerprint density at radius 1 is 1.35 bits per heavy atom. The minimum Gasteiger partial charge on any atom is -0.466 e. The van der Waals surface area contributed by atoms with E-state index in [1.54, 1.807) is 4.73 Å². The average Bonchev–Trinajstić information content (AvgIpc) is 2.77. The fraction of sp³-hybridized carbons (Fsp3) is 0.533. The number of aliphatic hydroxyl groups excluding tert-OH is 1. The van der Waals surface area contributed by atoms with E-state index in [-0.39, 0.29) is 11.6 Å². The summed E-state index contributed by atoms with van der Waals surface area (Å²) < 4.78 is 8.02. The second-order valence-electron chi connectivity index (χ2n) is 6.96. The van der Waals surface area contributed by atoms with Gasteiger partial charge in [0.25, 0.3) is 8.32 Å². The molecule has 0 unspecified atom stereocenters. The SMILES string of the molecule is CC(C)(C)[Si](C)(C)On1c(/C=C/CCO)nc2c(N)ncnc21. The highest BCUT2D eigenvalue weighted by atomic mass is 28.4. The summed E-state index contributed by atoms with van der Waals surface area (Å²) in [6, 6.07) is 0. The van der Waals surface area contributed by atoms with Gasteiger partial charge in [-0.3, -0.25) is 0 Å². The molecule has 126 valence electrons. The summed E-state index contributed by atoms with van der Waals surface area (Å²) >= 11 is 0. The van der Waals surface area contributed by atoms with E-state index >= 15 is 0 Å².